The van der Waals surface area contributed by atoms with Crippen molar-refractivity contribution < 1.29 is 14.1 Å². The van der Waals surface area contributed by atoms with Gasteiger partial charge in [-0.25, -0.2) is 4.79 Å². The number of likely N-dealkylation sites (tertiary alicyclic amines) is 1. The first-order valence-corrected chi connectivity index (χ1v) is 9.73. The molecule has 1 fully saturated rings. The summed E-state index contributed by atoms with van der Waals surface area (Å²) in [6, 6.07) is 15.2. The summed E-state index contributed by atoms with van der Waals surface area (Å²) in [5.41, 5.74) is 2.79. The van der Waals surface area contributed by atoms with Crippen LogP contribution in [0.3, 0.4) is 0 Å². The number of aryl methyl sites for hydroxylation is 1. The second-order valence-corrected chi connectivity index (χ2v) is 7.27. The number of piperidine rings is 1. The van der Waals surface area contributed by atoms with E-state index in [0.717, 1.165) is 35.4 Å². The van der Waals surface area contributed by atoms with Crippen molar-refractivity contribution in [2.75, 3.05) is 25.5 Å². The van der Waals surface area contributed by atoms with Crippen LogP contribution < -0.4 is 10.1 Å². The van der Waals surface area contributed by atoms with Crippen LogP contribution in [0, 0.1) is 6.92 Å². The molecule has 1 atom stereocenters. The van der Waals surface area contributed by atoms with E-state index in [1.807, 2.05) is 60.4 Å². The van der Waals surface area contributed by atoms with E-state index in [4.69, 9.17) is 9.26 Å². The average molecular weight is 392 g/mol. The lowest BCUT2D eigenvalue weighted by molar-refractivity contribution is 0.184. The van der Waals surface area contributed by atoms with E-state index in [1.165, 1.54) is 0 Å². The van der Waals surface area contributed by atoms with Crippen molar-refractivity contribution in [1.82, 2.24) is 15.0 Å². The SMILES string of the molecule is COc1cccc(-c2noc([C@@H]3CCCN(C(=O)Nc4ccc(C)cc4)C3)n2)c1. The predicted molar refractivity (Wildman–Crippen MR) is 110 cm³/mol. The molecule has 1 aliphatic rings. The molecule has 7 heteroatoms. The van der Waals surface area contributed by atoms with Crippen molar-refractivity contribution in [3.63, 3.8) is 0 Å². The van der Waals surface area contributed by atoms with Crippen LogP contribution in [-0.2, 0) is 0 Å². The fourth-order valence-electron chi connectivity index (χ4n) is 3.48. The third-order valence-electron chi connectivity index (χ3n) is 5.13. The number of hydrogen-bond donors (Lipinski definition) is 1. The zero-order valence-electron chi connectivity index (χ0n) is 16.6. The number of aromatic nitrogens is 2. The fraction of sp³-hybridized carbons (Fsp3) is 0.318. The molecule has 1 N–H and O–H groups in total. The summed E-state index contributed by atoms with van der Waals surface area (Å²) >= 11 is 0. The van der Waals surface area contributed by atoms with E-state index < -0.39 is 0 Å². The molecule has 3 aromatic rings. The smallest absolute Gasteiger partial charge is 0.321 e. The number of rotatable bonds is 4. The number of nitrogens with one attached hydrogen (secondary N) is 1. The van der Waals surface area contributed by atoms with E-state index in [0.29, 0.717) is 24.8 Å². The minimum absolute atomic E-state index is 0.0272. The largest absolute Gasteiger partial charge is 0.497 e. The Kier molecular flexibility index (Phi) is 5.46. The number of carbonyl (C=O) groups is 1. The summed E-state index contributed by atoms with van der Waals surface area (Å²) in [6.07, 6.45) is 1.80. The number of urea groups is 1. The molecular formula is C22H24N4O3. The molecule has 0 radical (unpaired) electrons. The summed E-state index contributed by atoms with van der Waals surface area (Å²) in [5.74, 6) is 1.86. The number of carbonyl (C=O) groups excluding carboxylic acids is 1. The maximum atomic E-state index is 12.7. The number of methoxy groups -OCH3 is 1. The Balaban J connectivity index is 1.43. The molecule has 2 heterocycles. The number of nitrogens with zero attached hydrogens (tertiary/aromatic N) is 3. The summed E-state index contributed by atoms with van der Waals surface area (Å²) in [7, 11) is 1.62. The van der Waals surface area contributed by atoms with Crippen molar-refractivity contribution >= 4 is 11.7 Å². The van der Waals surface area contributed by atoms with Crippen LogP contribution in [0.5, 0.6) is 5.75 Å². The Morgan fingerprint density at radius 1 is 1.24 bits per heavy atom. The summed E-state index contributed by atoms with van der Waals surface area (Å²) in [5, 5.41) is 7.08. The highest BCUT2D eigenvalue weighted by Gasteiger charge is 2.28. The standard InChI is InChI=1S/C22H24N4O3/c1-15-8-10-18(11-9-15)23-22(27)26-12-4-6-17(14-26)21-24-20(25-29-21)16-5-3-7-19(13-16)28-2/h3,5,7-11,13,17H,4,6,12,14H2,1-2H3,(H,23,27)/t17-/m1/s1. The molecule has 1 aliphatic heterocycles. The monoisotopic (exact) mass is 392 g/mol. The summed E-state index contributed by atoms with van der Waals surface area (Å²) in [6.45, 7) is 3.29. The van der Waals surface area contributed by atoms with Crippen molar-refractivity contribution in [3.05, 3.63) is 60.0 Å². The van der Waals surface area contributed by atoms with Gasteiger partial charge in [0.2, 0.25) is 11.7 Å². The molecule has 2 aromatic carbocycles. The molecule has 2 amide bonds. The van der Waals surface area contributed by atoms with Gasteiger partial charge in [0.15, 0.2) is 0 Å². The molecule has 0 saturated carbocycles. The van der Waals surface area contributed by atoms with Crippen molar-refractivity contribution in [2.24, 2.45) is 0 Å². The highest BCUT2D eigenvalue weighted by molar-refractivity contribution is 5.89. The first kappa shape index (κ1) is 19.0. The Morgan fingerprint density at radius 2 is 2.07 bits per heavy atom. The van der Waals surface area contributed by atoms with E-state index in [2.05, 4.69) is 15.5 Å². The first-order chi connectivity index (χ1) is 14.1. The van der Waals surface area contributed by atoms with Gasteiger partial charge in [0.25, 0.3) is 0 Å². The third-order valence-corrected chi connectivity index (χ3v) is 5.13. The molecule has 0 aliphatic carbocycles. The molecule has 0 spiro atoms. The van der Waals surface area contributed by atoms with Crippen LogP contribution in [0.4, 0.5) is 10.5 Å². The van der Waals surface area contributed by atoms with Crippen LogP contribution in [0.25, 0.3) is 11.4 Å². The van der Waals surface area contributed by atoms with Gasteiger partial charge in [0.05, 0.1) is 13.0 Å². The highest BCUT2D eigenvalue weighted by Crippen LogP contribution is 2.29. The minimum Gasteiger partial charge on any atom is -0.497 e. The first-order valence-electron chi connectivity index (χ1n) is 9.73. The second kappa shape index (κ2) is 8.34. The minimum atomic E-state index is -0.105. The molecule has 0 bridgehead atoms. The molecule has 4 rings (SSSR count). The van der Waals surface area contributed by atoms with Gasteiger partial charge in [-0.15, -0.1) is 0 Å². The molecule has 1 saturated heterocycles. The molecular weight excluding hydrogens is 368 g/mol. The Hall–Kier alpha value is -3.35. The van der Waals surface area contributed by atoms with Gasteiger partial charge in [-0.05, 0) is 44.0 Å². The van der Waals surface area contributed by atoms with E-state index in [-0.39, 0.29) is 11.9 Å². The zero-order chi connectivity index (χ0) is 20.2. The van der Waals surface area contributed by atoms with Crippen LogP contribution in [0.1, 0.15) is 30.2 Å². The quantitative estimate of drug-likeness (QED) is 0.709. The lowest BCUT2D eigenvalue weighted by atomic mass is 9.98. The Bertz CT molecular complexity index is 984. The van der Waals surface area contributed by atoms with Gasteiger partial charge >= 0.3 is 6.03 Å². The van der Waals surface area contributed by atoms with E-state index in [9.17, 15) is 4.79 Å². The van der Waals surface area contributed by atoms with Crippen LogP contribution in [0.15, 0.2) is 53.1 Å². The van der Waals surface area contributed by atoms with Crippen LogP contribution in [0.2, 0.25) is 0 Å². The van der Waals surface area contributed by atoms with Gasteiger partial charge in [-0.2, -0.15) is 4.98 Å². The lowest BCUT2D eigenvalue weighted by Gasteiger charge is -2.31. The third kappa shape index (κ3) is 4.39. The van der Waals surface area contributed by atoms with Gasteiger partial charge in [0, 0.05) is 24.3 Å². The summed E-state index contributed by atoms with van der Waals surface area (Å²) in [4.78, 5) is 19.0. The van der Waals surface area contributed by atoms with Crippen LogP contribution >= 0.6 is 0 Å². The highest BCUT2D eigenvalue weighted by atomic mass is 16.5. The summed E-state index contributed by atoms with van der Waals surface area (Å²) < 4.78 is 10.8. The van der Waals surface area contributed by atoms with Crippen molar-refractivity contribution in [2.45, 2.75) is 25.7 Å². The van der Waals surface area contributed by atoms with Crippen molar-refractivity contribution in [1.29, 1.82) is 0 Å². The average Bonchev–Trinajstić information content (AvgIpc) is 3.26. The van der Waals surface area contributed by atoms with Gasteiger partial charge < -0.3 is 19.5 Å². The normalized spacial score (nSPS) is 16.5. The molecule has 7 nitrogen and oxygen atoms in total. The topological polar surface area (TPSA) is 80.5 Å². The van der Waals surface area contributed by atoms with E-state index >= 15 is 0 Å². The molecule has 1 aromatic heterocycles. The second-order valence-electron chi connectivity index (χ2n) is 7.27. The van der Waals surface area contributed by atoms with Crippen molar-refractivity contribution in [3.8, 4) is 17.1 Å². The zero-order valence-corrected chi connectivity index (χ0v) is 16.6. The molecule has 29 heavy (non-hydrogen) atoms. The number of ether oxygens (including phenoxy) is 1. The maximum absolute atomic E-state index is 12.7. The fourth-order valence-corrected chi connectivity index (χ4v) is 3.48. The molecule has 0 unspecified atom stereocenters. The number of anilines is 1. The lowest BCUT2D eigenvalue weighted by Crippen LogP contribution is -2.41. The van der Waals surface area contributed by atoms with Gasteiger partial charge in [-0.1, -0.05) is 35.0 Å². The Morgan fingerprint density at radius 3 is 2.86 bits per heavy atom. The predicted octanol–water partition coefficient (Wildman–Crippen LogP) is 4.47. The van der Waals surface area contributed by atoms with E-state index in [1.54, 1.807) is 7.11 Å². The van der Waals surface area contributed by atoms with Gasteiger partial charge in [0.1, 0.15) is 5.75 Å². The number of amides is 2. The Labute approximate surface area is 169 Å². The molecule has 150 valence electrons. The number of benzene rings is 2. The maximum Gasteiger partial charge on any atom is 0.321 e. The number of hydrogen-bond acceptors (Lipinski definition) is 5. The van der Waals surface area contributed by atoms with Crippen LogP contribution in [-0.4, -0.2) is 41.3 Å². The van der Waals surface area contributed by atoms with Gasteiger partial charge in [-0.3, -0.25) is 0 Å².